The zero-order chi connectivity index (χ0) is 18.2. The molecule has 8 heteroatoms. The Morgan fingerprint density at radius 2 is 1.64 bits per heavy atom. The second kappa shape index (κ2) is 11.2. The zero-order valence-corrected chi connectivity index (χ0v) is 18.4. The smallest absolute Gasteiger partial charge is 0.203 e. The van der Waals surface area contributed by atoms with Gasteiger partial charge in [0.2, 0.25) is 5.75 Å². The highest BCUT2D eigenvalue weighted by molar-refractivity contribution is 14.0. The summed E-state index contributed by atoms with van der Waals surface area (Å²) in [6, 6.07) is 3.78. The van der Waals surface area contributed by atoms with Crippen molar-refractivity contribution in [3.8, 4) is 17.2 Å². The summed E-state index contributed by atoms with van der Waals surface area (Å²) in [6.45, 7) is 5.16. The number of guanidine groups is 1. The van der Waals surface area contributed by atoms with Crippen LogP contribution in [0.4, 0.5) is 0 Å². The molecule has 0 saturated heterocycles. The van der Waals surface area contributed by atoms with Crippen LogP contribution in [0.1, 0.15) is 19.4 Å². The van der Waals surface area contributed by atoms with E-state index in [1.807, 2.05) is 26.0 Å². The van der Waals surface area contributed by atoms with Gasteiger partial charge in [0, 0.05) is 32.8 Å². The molecule has 1 rings (SSSR count). The molecule has 0 heterocycles. The molecule has 0 fully saturated rings. The largest absolute Gasteiger partial charge is 0.493 e. The number of methoxy groups -OCH3 is 4. The van der Waals surface area contributed by atoms with Crippen LogP contribution >= 0.6 is 24.0 Å². The van der Waals surface area contributed by atoms with Crippen molar-refractivity contribution in [2.45, 2.75) is 26.0 Å². The molecule has 1 aromatic rings. The minimum Gasteiger partial charge on any atom is -0.493 e. The number of hydrogen-bond donors (Lipinski definition) is 2. The van der Waals surface area contributed by atoms with Crippen LogP contribution in [-0.4, -0.2) is 53.6 Å². The van der Waals surface area contributed by atoms with E-state index in [0.717, 1.165) is 5.56 Å². The third kappa shape index (κ3) is 6.77. The highest BCUT2D eigenvalue weighted by atomic mass is 127. The van der Waals surface area contributed by atoms with Crippen LogP contribution in [0, 0.1) is 0 Å². The van der Waals surface area contributed by atoms with Crippen LogP contribution in [0.15, 0.2) is 17.1 Å². The lowest BCUT2D eigenvalue weighted by Crippen LogP contribution is -2.45. The van der Waals surface area contributed by atoms with Gasteiger partial charge in [0.05, 0.1) is 26.9 Å². The van der Waals surface area contributed by atoms with E-state index in [0.29, 0.717) is 36.3 Å². The Hall–Kier alpha value is -1.42. The van der Waals surface area contributed by atoms with E-state index in [-0.39, 0.29) is 29.6 Å². The normalized spacial score (nSPS) is 11.4. The average Bonchev–Trinajstić information content (AvgIpc) is 2.60. The summed E-state index contributed by atoms with van der Waals surface area (Å²) in [5.74, 6) is 2.51. The summed E-state index contributed by atoms with van der Waals surface area (Å²) in [6.07, 6.45) is 0. The number of hydrogen-bond acceptors (Lipinski definition) is 5. The number of aliphatic imine (C=N–C) groups is 1. The van der Waals surface area contributed by atoms with Crippen LogP contribution in [0.5, 0.6) is 17.2 Å². The Kier molecular flexibility index (Phi) is 10.6. The SMILES string of the molecule is CN=C(NCc1ccc(OC)c(OC)c1OC)NCC(C)(C)OC.I. The molecule has 0 unspecified atom stereocenters. The molecule has 1 aromatic carbocycles. The first-order valence-corrected chi connectivity index (χ1v) is 7.70. The standard InChI is InChI=1S/C17H29N3O4.HI/c1-17(2,24-7)11-20-16(18-3)19-10-12-8-9-13(21-4)15(23-6)14(12)22-5;/h8-9H,10-11H2,1-7H3,(H2,18,19,20);1H. The predicted octanol–water partition coefficient (Wildman–Crippen LogP) is 2.42. The first-order valence-electron chi connectivity index (χ1n) is 7.70. The first-order chi connectivity index (χ1) is 11.4. The van der Waals surface area contributed by atoms with Crippen LogP contribution in [0.3, 0.4) is 0 Å². The van der Waals surface area contributed by atoms with Gasteiger partial charge in [-0.1, -0.05) is 0 Å². The second-order valence-electron chi connectivity index (χ2n) is 5.74. The van der Waals surface area contributed by atoms with Gasteiger partial charge in [0.15, 0.2) is 17.5 Å². The van der Waals surface area contributed by atoms with Gasteiger partial charge in [0.1, 0.15) is 0 Å². The van der Waals surface area contributed by atoms with Crippen molar-refractivity contribution in [2.75, 3.05) is 42.0 Å². The number of rotatable bonds is 8. The highest BCUT2D eigenvalue weighted by Gasteiger charge is 2.18. The van der Waals surface area contributed by atoms with E-state index in [1.165, 1.54) is 0 Å². The van der Waals surface area contributed by atoms with Gasteiger partial charge in [0.25, 0.3) is 0 Å². The molecule has 0 aliphatic carbocycles. The summed E-state index contributed by atoms with van der Waals surface area (Å²) < 4.78 is 21.6. The first kappa shape index (κ1) is 23.6. The molecule has 0 bridgehead atoms. The summed E-state index contributed by atoms with van der Waals surface area (Å²) >= 11 is 0. The molecule has 0 aromatic heterocycles. The summed E-state index contributed by atoms with van der Waals surface area (Å²) in [5, 5.41) is 6.49. The number of benzene rings is 1. The zero-order valence-electron chi connectivity index (χ0n) is 16.1. The molecule has 0 saturated carbocycles. The maximum atomic E-state index is 5.48. The van der Waals surface area contributed by atoms with E-state index in [1.54, 1.807) is 35.5 Å². The summed E-state index contributed by atoms with van der Waals surface area (Å²) in [5.41, 5.74) is 0.655. The maximum absolute atomic E-state index is 5.48. The van der Waals surface area contributed by atoms with Crippen molar-refractivity contribution < 1.29 is 18.9 Å². The van der Waals surface area contributed by atoms with Crippen molar-refractivity contribution in [1.82, 2.24) is 10.6 Å². The molecule has 0 aliphatic rings. The molecule has 0 atom stereocenters. The summed E-state index contributed by atoms with van der Waals surface area (Å²) in [4.78, 5) is 4.21. The van der Waals surface area contributed by atoms with E-state index >= 15 is 0 Å². The Bertz CT molecular complexity index is 565. The van der Waals surface area contributed by atoms with Gasteiger partial charge in [-0.05, 0) is 26.0 Å². The summed E-state index contributed by atoms with van der Waals surface area (Å²) in [7, 11) is 8.20. The third-order valence-corrected chi connectivity index (χ3v) is 3.69. The fraction of sp³-hybridized carbons (Fsp3) is 0.588. The lowest BCUT2D eigenvalue weighted by molar-refractivity contribution is 0.0268. The van der Waals surface area contributed by atoms with E-state index in [2.05, 4.69) is 15.6 Å². The van der Waals surface area contributed by atoms with Crippen molar-refractivity contribution in [1.29, 1.82) is 0 Å². The molecule has 0 radical (unpaired) electrons. The van der Waals surface area contributed by atoms with Crippen LogP contribution < -0.4 is 24.8 Å². The Balaban J connectivity index is 0.00000576. The van der Waals surface area contributed by atoms with Crippen LogP contribution in [0.2, 0.25) is 0 Å². The number of halogens is 1. The number of ether oxygens (including phenoxy) is 4. The van der Waals surface area contributed by atoms with Gasteiger partial charge in [-0.25, -0.2) is 0 Å². The third-order valence-electron chi connectivity index (χ3n) is 3.69. The van der Waals surface area contributed by atoms with Gasteiger partial charge in [-0.15, -0.1) is 24.0 Å². The van der Waals surface area contributed by atoms with Crippen molar-refractivity contribution >= 4 is 29.9 Å². The molecule has 0 amide bonds. The number of nitrogens with one attached hydrogen (secondary N) is 2. The van der Waals surface area contributed by atoms with Gasteiger partial charge < -0.3 is 29.6 Å². The van der Waals surface area contributed by atoms with Crippen molar-refractivity contribution in [3.63, 3.8) is 0 Å². The fourth-order valence-electron chi connectivity index (χ4n) is 2.07. The van der Waals surface area contributed by atoms with Gasteiger partial charge >= 0.3 is 0 Å². The quantitative estimate of drug-likeness (QED) is 0.348. The van der Waals surface area contributed by atoms with Gasteiger partial charge in [-0.2, -0.15) is 0 Å². The van der Waals surface area contributed by atoms with Crippen LogP contribution in [-0.2, 0) is 11.3 Å². The second-order valence-corrected chi connectivity index (χ2v) is 5.74. The number of nitrogens with zero attached hydrogens (tertiary/aromatic N) is 1. The molecular formula is C17H30IN3O4. The van der Waals surface area contributed by atoms with E-state index < -0.39 is 0 Å². The molecule has 0 spiro atoms. The lowest BCUT2D eigenvalue weighted by Gasteiger charge is -2.24. The Morgan fingerprint density at radius 3 is 2.12 bits per heavy atom. The molecule has 7 nitrogen and oxygen atoms in total. The highest BCUT2D eigenvalue weighted by Crippen LogP contribution is 2.39. The Morgan fingerprint density at radius 1 is 1.00 bits per heavy atom. The minimum absolute atomic E-state index is 0. The van der Waals surface area contributed by atoms with E-state index in [4.69, 9.17) is 18.9 Å². The van der Waals surface area contributed by atoms with Crippen molar-refractivity contribution in [3.05, 3.63) is 17.7 Å². The predicted molar refractivity (Wildman–Crippen MR) is 111 cm³/mol. The van der Waals surface area contributed by atoms with Crippen molar-refractivity contribution in [2.24, 2.45) is 4.99 Å². The molecular weight excluding hydrogens is 437 g/mol. The van der Waals surface area contributed by atoms with E-state index in [9.17, 15) is 0 Å². The molecule has 0 aliphatic heterocycles. The minimum atomic E-state index is -0.279. The molecule has 2 N–H and O–H groups in total. The fourth-order valence-corrected chi connectivity index (χ4v) is 2.07. The van der Waals surface area contributed by atoms with Crippen LogP contribution in [0.25, 0.3) is 0 Å². The lowest BCUT2D eigenvalue weighted by atomic mass is 10.1. The average molecular weight is 467 g/mol. The molecule has 25 heavy (non-hydrogen) atoms. The Labute approximate surface area is 167 Å². The monoisotopic (exact) mass is 467 g/mol. The molecule has 144 valence electrons. The van der Waals surface area contributed by atoms with Gasteiger partial charge in [-0.3, -0.25) is 4.99 Å². The maximum Gasteiger partial charge on any atom is 0.203 e. The topological polar surface area (TPSA) is 73.3 Å².